The number of aromatic nitrogens is 2. The first-order chi connectivity index (χ1) is 13.6. The zero-order valence-corrected chi connectivity index (χ0v) is 16.3. The second-order valence-corrected chi connectivity index (χ2v) is 6.99. The average Bonchev–Trinajstić information content (AvgIpc) is 3.08. The molecule has 1 aromatic carbocycles. The number of ether oxygens (including phenoxy) is 2. The van der Waals surface area contributed by atoms with Crippen molar-refractivity contribution in [3.8, 4) is 11.5 Å². The van der Waals surface area contributed by atoms with Gasteiger partial charge in [0, 0.05) is 30.7 Å². The van der Waals surface area contributed by atoms with Gasteiger partial charge < -0.3 is 19.2 Å². The van der Waals surface area contributed by atoms with Crippen LogP contribution in [0.15, 0.2) is 42.7 Å². The fourth-order valence-electron chi connectivity index (χ4n) is 3.13. The minimum absolute atomic E-state index is 0.0923. The third-order valence-electron chi connectivity index (χ3n) is 4.49. The van der Waals surface area contributed by atoms with Crippen LogP contribution in [0.5, 0.6) is 11.5 Å². The van der Waals surface area contributed by atoms with Crippen LogP contribution in [0.25, 0.3) is 5.65 Å². The van der Waals surface area contributed by atoms with Crippen LogP contribution in [0.4, 0.5) is 5.69 Å². The molecule has 0 unspecified atom stereocenters. The van der Waals surface area contributed by atoms with E-state index in [1.807, 2.05) is 52.9 Å². The molecule has 8 heteroatoms. The summed E-state index contributed by atoms with van der Waals surface area (Å²) in [4.78, 5) is 19.1. The van der Waals surface area contributed by atoms with Crippen molar-refractivity contribution in [2.24, 2.45) is 0 Å². The number of halogens is 1. The van der Waals surface area contributed by atoms with E-state index in [0.29, 0.717) is 42.0 Å². The summed E-state index contributed by atoms with van der Waals surface area (Å²) in [5, 5.41) is 3.57. The van der Waals surface area contributed by atoms with Gasteiger partial charge in [0.2, 0.25) is 5.91 Å². The van der Waals surface area contributed by atoms with Gasteiger partial charge in [-0.25, -0.2) is 4.98 Å². The largest absolute Gasteiger partial charge is 0.486 e. The highest BCUT2D eigenvalue weighted by molar-refractivity contribution is 6.30. The number of nitrogens with zero attached hydrogens (tertiary/aromatic N) is 3. The standard InChI is InChI=1S/C20H21ClN4O3/c1-2-24(11-16-12-25-10-14(21)3-6-19(25)22-16)13-20(26)23-15-4-5-17-18(9-15)28-8-7-27-17/h3-6,9-10,12H,2,7-8,11,13H2,1H3,(H,23,26). The van der Waals surface area contributed by atoms with Crippen LogP contribution < -0.4 is 14.8 Å². The van der Waals surface area contributed by atoms with E-state index in [-0.39, 0.29) is 12.5 Å². The number of hydrogen-bond donors (Lipinski definition) is 1. The number of nitrogens with one attached hydrogen (secondary N) is 1. The molecule has 0 aliphatic carbocycles. The molecular weight excluding hydrogens is 380 g/mol. The van der Waals surface area contributed by atoms with Crippen LogP contribution in [0.2, 0.25) is 5.02 Å². The number of fused-ring (bicyclic) bond motifs is 2. The third kappa shape index (κ3) is 4.21. The average molecular weight is 401 g/mol. The monoisotopic (exact) mass is 400 g/mol. The molecular formula is C20H21ClN4O3. The summed E-state index contributed by atoms with van der Waals surface area (Å²) in [6.45, 7) is 4.63. The summed E-state index contributed by atoms with van der Waals surface area (Å²) < 4.78 is 12.9. The molecule has 1 aliphatic rings. The maximum absolute atomic E-state index is 12.5. The summed E-state index contributed by atoms with van der Waals surface area (Å²) in [7, 11) is 0. The minimum Gasteiger partial charge on any atom is -0.486 e. The number of carbonyl (C=O) groups is 1. The predicted molar refractivity (Wildman–Crippen MR) is 107 cm³/mol. The molecule has 3 heterocycles. The molecule has 0 saturated carbocycles. The molecule has 4 rings (SSSR count). The van der Waals surface area contributed by atoms with E-state index < -0.39 is 0 Å². The van der Waals surface area contributed by atoms with Gasteiger partial charge in [-0.15, -0.1) is 0 Å². The molecule has 0 bridgehead atoms. The molecule has 0 atom stereocenters. The van der Waals surface area contributed by atoms with Crippen molar-refractivity contribution in [1.82, 2.24) is 14.3 Å². The Hall–Kier alpha value is -2.77. The van der Waals surface area contributed by atoms with Crippen LogP contribution in [0, 0.1) is 0 Å². The molecule has 0 radical (unpaired) electrons. The first kappa shape index (κ1) is 18.6. The second kappa shape index (κ2) is 8.08. The van der Waals surface area contributed by atoms with Crippen LogP contribution in [0.1, 0.15) is 12.6 Å². The van der Waals surface area contributed by atoms with Crippen molar-refractivity contribution >= 4 is 28.8 Å². The molecule has 3 aromatic rings. The van der Waals surface area contributed by atoms with E-state index in [9.17, 15) is 4.79 Å². The zero-order chi connectivity index (χ0) is 19.5. The number of imidazole rings is 1. The number of anilines is 1. The molecule has 1 amide bonds. The molecule has 1 N–H and O–H groups in total. The van der Waals surface area contributed by atoms with Crippen molar-refractivity contribution < 1.29 is 14.3 Å². The lowest BCUT2D eigenvalue weighted by molar-refractivity contribution is -0.117. The molecule has 0 spiro atoms. The zero-order valence-electron chi connectivity index (χ0n) is 15.5. The van der Waals surface area contributed by atoms with Crippen molar-refractivity contribution in [2.75, 3.05) is 31.6 Å². The number of pyridine rings is 1. The third-order valence-corrected chi connectivity index (χ3v) is 4.71. The van der Waals surface area contributed by atoms with Gasteiger partial charge in [0.15, 0.2) is 11.5 Å². The SMILES string of the molecule is CCN(CC(=O)Nc1ccc2c(c1)OCCO2)Cc1cn2cc(Cl)ccc2n1. The van der Waals surface area contributed by atoms with Crippen LogP contribution >= 0.6 is 11.6 Å². The van der Waals surface area contributed by atoms with E-state index in [1.54, 1.807) is 6.07 Å². The number of rotatable bonds is 6. The Morgan fingerprint density at radius 3 is 2.86 bits per heavy atom. The fourth-order valence-corrected chi connectivity index (χ4v) is 3.29. The number of likely N-dealkylation sites (N-methyl/N-ethyl adjacent to an activating group) is 1. The molecule has 28 heavy (non-hydrogen) atoms. The van der Waals surface area contributed by atoms with Crippen molar-refractivity contribution in [3.63, 3.8) is 0 Å². The Labute approximate surface area is 167 Å². The fraction of sp³-hybridized carbons (Fsp3) is 0.300. The van der Waals surface area contributed by atoms with Crippen LogP contribution in [-0.2, 0) is 11.3 Å². The normalized spacial score (nSPS) is 13.1. The number of carbonyl (C=O) groups excluding carboxylic acids is 1. The van der Waals surface area contributed by atoms with Crippen molar-refractivity contribution in [3.05, 3.63) is 53.4 Å². The Kier molecular flexibility index (Phi) is 5.36. The van der Waals surface area contributed by atoms with Gasteiger partial charge in [0.25, 0.3) is 0 Å². The molecule has 1 aliphatic heterocycles. The predicted octanol–water partition coefficient (Wildman–Crippen LogP) is 3.22. The van der Waals surface area contributed by atoms with Crippen LogP contribution in [0.3, 0.4) is 0 Å². The summed E-state index contributed by atoms with van der Waals surface area (Å²) in [5.74, 6) is 1.26. The first-order valence-electron chi connectivity index (χ1n) is 9.15. The van der Waals surface area contributed by atoms with Gasteiger partial charge in [-0.2, -0.15) is 0 Å². The summed E-state index contributed by atoms with van der Waals surface area (Å²) in [6, 6.07) is 9.09. The van der Waals surface area contributed by atoms with E-state index in [2.05, 4.69) is 10.3 Å². The van der Waals surface area contributed by atoms with Gasteiger partial charge in [0.1, 0.15) is 18.9 Å². The minimum atomic E-state index is -0.0923. The van der Waals surface area contributed by atoms with Gasteiger partial charge in [-0.05, 0) is 30.8 Å². The molecule has 0 saturated heterocycles. The highest BCUT2D eigenvalue weighted by Crippen LogP contribution is 2.32. The maximum atomic E-state index is 12.5. The van der Waals surface area contributed by atoms with E-state index in [4.69, 9.17) is 21.1 Å². The Balaban J connectivity index is 1.39. The lowest BCUT2D eigenvalue weighted by Crippen LogP contribution is -2.32. The van der Waals surface area contributed by atoms with Gasteiger partial charge in [-0.1, -0.05) is 18.5 Å². The molecule has 7 nitrogen and oxygen atoms in total. The number of amides is 1. The Morgan fingerprint density at radius 2 is 2.04 bits per heavy atom. The smallest absolute Gasteiger partial charge is 0.238 e. The van der Waals surface area contributed by atoms with Gasteiger partial charge in [-0.3, -0.25) is 9.69 Å². The highest BCUT2D eigenvalue weighted by Gasteiger charge is 2.15. The second-order valence-electron chi connectivity index (χ2n) is 6.55. The quantitative estimate of drug-likeness (QED) is 0.688. The number of hydrogen-bond acceptors (Lipinski definition) is 5. The van der Waals surface area contributed by atoms with E-state index in [0.717, 1.165) is 17.9 Å². The molecule has 0 fully saturated rings. The maximum Gasteiger partial charge on any atom is 0.238 e. The summed E-state index contributed by atoms with van der Waals surface area (Å²) >= 11 is 6.02. The van der Waals surface area contributed by atoms with E-state index >= 15 is 0 Å². The highest BCUT2D eigenvalue weighted by atomic mass is 35.5. The van der Waals surface area contributed by atoms with Gasteiger partial charge in [0.05, 0.1) is 17.3 Å². The Morgan fingerprint density at radius 1 is 1.21 bits per heavy atom. The number of benzene rings is 1. The summed E-state index contributed by atoms with van der Waals surface area (Å²) in [6.07, 6.45) is 3.75. The summed E-state index contributed by atoms with van der Waals surface area (Å²) in [5.41, 5.74) is 2.40. The Bertz CT molecular complexity index is 1000. The van der Waals surface area contributed by atoms with Crippen molar-refractivity contribution in [2.45, 2.75) is 13.5 Å². The van der Waals surface area contributed by atoms with Gasteiger partial charge >= 0.3 is 0 Å². The van der Waals surface area contributed by atoms with Crippen molar-refractivity contribution in [1.29, 1.82) is 0 Å². The molecule has 2 aromatic heterocycles. The lowest BCUT2D eigenvalue weighted by Gasteiger charge is -2.20. The van der Waals surface area contributed by atoms with Crippen LogP contribution in [-0.4, -0.2) is 46.5 Å². The van der Waals surface area contributed by atoms with E-state index in [1.165, 1.54) is 0 Å². The lowest BCUT2D eigenvalue weighted by atomic mass is 10.2. The first-order valence-corrected chi connectivity index (χ1v) is 9.53. The topological polar surface area (TPSA) is 68.1 Å². The molecule has 146 valence electrons.